The minimum Gasteiger partial charge on any atom is -0.368 e. The molecule has 0 saturated heterocycles. The van der Waals surface area contributed by atoms with Crippen molar-refractivity contribution in [2.45, 2.75) is 50.6 Å². The van der Waals surface area contributed by atoms with Gasteiger partial charge in [-0.15, -0.1) is 0 Å². The fraction of sp³-hybridized carbons (Fsp3) is 0.571. The second-order valence-corrected chi connectivity index (χ2v) is 8.02. The van der Waals surface area contributed by atoms with Crippen molar-refractivity contribution in [3.05, 3.63) is 35.8 Å². The van der Waals surface area contributed by atoms with E-state index in [-0.39, 0.29) is 5.54 Å². The van der Waals surface area contributed by atoms with Crippen molar-refractivity contribution in [2.75, 3.05) is 32.5 Å². The Labute approximate surface area is 161 Å². The molecule has 3 heterocycles. The Balaban J connectivity index is 1.64. The lowest BCUT2D eigenvalue weighted by molar-refractivity contribution is 0.113. The van der Waals surface area contributed by atoms with E-state index in [1.165, 1.54) is 37.7 Å². The van der Waals surface area contributed by atoms with Crippen LogP contribution >= 0.6 is 0 Å². The Kier molecular flexibility index (Phi) is 5.36. The van der Waals surface area contributed by atoms with Crippen LogP contribution in [-0.2, 0) is 13.0 Å². The molecule has 1 fully saturated rings. The van der Waals surface area contributed by atoms with Crippen LogP contribution in [0.3, 0.4) is 0 Å². The van der Waals surface area contributed by atoms with Gasteiger partial charge in [-0.3, -0.25) is 4.98 Å². The molecule has 2 aromatic heterocycles. The molecule has 4 rings (SSSR count). The van der Waals surface area contributed by atoms with E-state index < -0.39 is 0 Å². The summed E-state index contributed by atoms with van der Waals surface area (Å²) in [7, 11) is 4.43. The van der Waals surface area contributed by atoms with Crippen molar-refractivity contribution in [3.63, 3.8) is 0 Å². The molecule has 0 spiro atoms. The first kappa shape index (κ1) is 18.3. The van der Waals surface area contributed by atoms with Crippen LogP contribution in [0.25, 0.3) is 11.4 Å². The molecule has 0 amide bonds. The first-order valence-corrected chi connectivity index (χ1v) is 10.1. The van der Waals surface area contributed by atoms with Crippen molar-refractivity contribution in [1.29, 1.82) is 0 Å². The number of hydrogen-bond donors (Lipinski definition) is 2. The van der Waals surface area contributed by atoms with E-state index in [0.29, 0.717) is 0 Å². The van der Waals surface area contributed by atoms with E-state index in [4.69, 9.17) is 9.97 Å². The number of likely N-dealkylation sites (N-methyl/N-ethyl adjacent to an activating group) is 1. The lowest BCUT2D eigenvalue weighted by Crippen LogP contribution is -2.51. The Morgan fingerprint density at radius 2 is 1.89 bits per heavy atom. The number of fused-ring (bicyclic) bond motifs is 1. The third kappa shape index (κ3) is 3.82. The summed E-state index contributed by atoms with van der Waals surface area (Å²) in [5.41, 5.74) is 3.63. The summed E-state index contributed by atoms with van der Waals surface area (Å²) in [6, 6.07) is 3.95. The summed E-state index contributed by atoms with van der Waals surface area (Å²) in [6.45, 7) is 2.73. The van der Waals surface area contributed by atoms with E-state index in [2.05, 4.69) is 34.6 Å². The fourth-order valence-electron chi connectivity index (χ4n) is 4.38. The minimum atomic E-state index is 0.222. The maximum absolute atomic E-state index is 4.93. The third-order valence-electron chi connectivity index (χ3n) is 6.19. The highest BCUT2D eigenvalue weighted by molar-refractivity contribution is 5.60. The van der Waals surface area contributed by atoms with Gasteiger partial charge in [0.2, 0.25) is 0 Å². The molecule has 6 heteroatoms. The molecule has 2 aromatic rings. The smallest absolute Gasteiger partial charge is 0.161 e. The number of nitrogens with one attached hydrogen (secondary N) is 2. The van der Waals surface area contributed by atoms with Crippen LogP contribution < -0.4 is 10.6 Å². The SMILES string of the molecule is CN(C)C1(CNc2nc(-c3ccncc3)nc3c2CCNC3)CCCCC1. The maximum Gasteiger partial charge on any atom is 0.161 e. The molecule has 1 saturated carbocycles. The lowest BCUT2D eigenvalue weighted by Gasteiger charge is -2.43. The third-order valence-corrected chi connectivity index (χ3v) is 6.19. The van der Waals surface area contributed by atoms with Gasteiger partial charge in [-0.1, -0.05) is 19.3 Å². The molecule has 0 bridgehead atoms. The number of rotatable bonds is 5. The normalized spacial score (nSPS) is 18.9. The highest BCUT2D eigenvalue weighted by atomic mass is 15.2. The summed E-state index contributed by atoms with van der Waals surface area (Å²) in [6.07, 6.45) is 11.1. The van der Waals surface area contributed by atoms with Gasteiger partial charge in [-0.25, -0.2) is 9.97 Å². The molecule has 27 heavy (non-hydrogen) atoms. The molecule has 6 nitrogen and oxygen atoms in total. The predicted molar refractivity (Wildman–Crippen MR) is 109 cm³/mol. The number of hydrogen-bond acceptors (Lipinski definition) is 6. The summed E-state index contributed by atoms with van der Waals surface area (Å²) in [4.78, 5) is 16.3. The number of pyridine rings is 1. The summed E-state index contributed by atoms with van der Waals surface area (Å²) in [5, 5.41) is 7.18. The van der Waals surface area contributed by atoms with Gasteiger partial charge in [-0.05, 0) is 52.0 Å². The van der Waals surface area contributed by atoms with Crippen LogP contribution in [0.4, 0.5) is 5.82 Å². The summed E-state index contributed by atoms with van der Waals surface area (Å²) in [5.74, 6) is 1.80. The van der Waals surface area contributed by atoms with Gasteiger partial charge < -0.3 is 15.5 Å². The van der Waals surface area contributed by atoms with Crippen molar-refractivity contribution < 1.29 is 0 Å². The summed E-state index contributed by atoms with van der Waals surface area (Å²) >= 11 is 0. The Bertz CT molecular complexity index is 768. The van der Waals surface area contributed by atoms with Crippen LogP contribution in [0.15, 0.2) is 24.5 Å². The molecule has 2 aliphatic rings. The van der Waals surface area contributed by atoms with Crippen molar-refractivity contribution >= 4 is 5.82 Å². The zero-order valence-electron chi connectivity index (χ0n) is 16.5. The van der Waals surface area contributed by atoms with Crippen molar-refractivity contribution in [1.82, 2.24) is 25.2 Å². The Hall–Kier alpha value is -2.05. The van der Waals surface area contributed by atoms with Crippen molar-refractivity contribution in [3.8, 4) is 11.4 Å². The highest BCUT2D eigenvalue weighted by Crippen LogP contribution is 2.33. The van der Waals surface area contributed by atoms with Gasteiger partial charge >= 0.3 is 0 Å². The van der Waals surface area contributed by atoms with Gasteiger partial charge in [0.25, 0.3) is 0 Å². The Morgan fingerprint density at radius 3 is 2.63 bits per heavy atom. The second-order valence-electron chi connectivity index (χ2n) is 8.02. The highest BCUT2D eigenvalue weighted by Gasteiger charge is 2.34. The van der Waals surface area contributed by atoms with Crippen LogP contribution in [0.2, 0.25) is 0 Å². The predicted octanol–water partition coefficient (Wildman–Crippen LogP) is 2.86. The molecule has 0 aromatic carbocycles. The maximum atomic E-state index is 4.93. The van der Waals surface area contributed by atoms with E-state index in [9.17, 15) is 0 Å². The molecular formula is C21H30N6. The quantitative estimate of drug-likeness (QED) is 0.848. The van der Waals surface area contributed by atoms with Gasteiger partial charge in [0.1, 0.15) is 5.82 Å². The molecule has 0 atom stereocenters. The minimum absolute atomic E-state index is 0.222. The van der Waals surface area contributed by atoms with Gasteiger partial charge in [-0.2, -0.15) is 0 Å². The molecule has 1 aliphatic heterocycles. The number of anilines is 1. The van der Waals surface area contributed by atoms with E-state index in [0.717, 1.165) is 49.0 Å². The average molecular weight is 367 g/mol. The standard InChI is InChI=1S/C21H30N6/c1-27(2)21(9-4-3-5-10-21)15-24-20-17-8-13-23-14-18(17)25-19(26-20)16-6-11-22-12-7-16/h6-7,11-12,23H,3-5,8-10,13-15H2,1-2H3,(H,24,25,26). The van der Waals surface area contributed by atoms with Crippen LogP contribution in [0.5, 0.6) is 0 Å². The van der Waals surface area contributed by atoms with Gasteiger partial charge in [0.15, 0.2) is 5.82 Å². The molecule has 1 aliphatic carbocycles. The Morgan fingerprint density at radius 1 is 1.11 bits per heavy atom. The van der Waals surface area contributed by atoms with Crippen LogP contribution in [0, 0.1) is 0 Å². The second kappa shape index (κ2) is 7.90. The largest absolute Gasteiger partial charge is 0.368 e. The molecule has 2 N–H and O–H groups in total. The zero-order chi connectivity index (χ0) is 18.7. The summed E-state index contributed by atoms with van der Waals surface area (Å²) < 4.78 is 0. The molecule has 144 valence electrons. The fourth-order valence-corrected chi connectivity index (χ4v) is 4.38. The average Bonchev–Trinajstić information content (AvgIpc) is 2.73. The van der Waals surface area contributed by atoms with Gasteiger partial charge in [0.05, 0.1) is 5.69 Å². The van der Waals surface area contributed by atoms with E-state index >= 15 is 0 Å². The molecule has 0 unspecified atom stereocenters. The number of nitrogens with zero attached hydrogens (tertiary/aromatic N) is 4. The number of aromatic nitrogens is 3. The molecule has 0 radical (unpaired) electrons. The molecular weight excluding hydrogens is 336 g/mol. The van der Waals surface area contributed by atoms with E-state index in [1.807, 2.05) is 12.1 Å². The van der Waals surface area contributed by atoms with Crippen molar-refractivity contribution in [2.24, 2.45) is 0 Å². The van der Waals surface area contributed by atoms with Gasteiger partial charge in [0, 0.05) is 42.1 Å². The lowest BCUT2D eigenvalue weighted by atomic mass is 9.80. The van der Waals surface area contributed by atoms with Crippen LogP contribution in [-0.4, -0.2) is 52.6 Å². The first-order chi connectivity index (χ1) is 13.2. The van der Waals surface area contributed by atoms with E-state index in [1.54, 1.807) is 12.4 Å². The topological polar surface area (TPSA) is 66.0 Å². The zero-order valence-corrected chi connectivity index (χ0v) is 16.5. The monoisotopic (exact) mass is 366 g/mol. The first-order valence-electron chi connectivity index (χ1n) is 10.1. The van der Waals surface area contributed by atoms with Crippen LogP contribution in [0.1, 0.15) is 43.4 Å².